The van der Waals surface area contributed by atoms with Crippen LogP contribution < -0.4 is 0 Å². The number of aromatic nitrogens is 1. The fraction of sp³-hybridized carbons (Fsp3) is 0.529. The number of nitrogens with zero attached hydrogens (tertiary/aromatic N) is 3. The Hall–Kier alpha value is -1.53. The third kappa shape index (κ3) is 3.38. The summed E-state index contributed by atoms with van der Waals surface area (Å²) in [6.45, 7) is 3.92. The molecule has 2 aliphatic heterocycles. The van der Waals surface area contributed by atoms with E-state index in [1.165, 1.54) is 5.56 Å². The number of thioether (sulfide) groups is 1. The Kier molecular flexibility index (Phi) is 4.27. The molecule has 0 N–H and O–H groups in total. The number of oxazole rings is 1. The molecule has 0 spiro atoms. The number of hydrogen-bond acceptors (Lipinski definition) is 6. The zero-order chi connectivity index (χ0) is 15.6. The van der Waals surface area contributed by atoms with E-state index in [4.69, 9.17) is 9.15 Å². The van der Waals surface area contributed by atoms with Crippen molar-refractivity contribution in [2.24, 2.45) is 5.10 Å². The van der Waals surface area contributed by atoms with Crippen LogP contribution >= 0.6 is 11.8 Å². The quantitative estimate of drug-likeness (QED) is 0.857. The first-order valence-electron chi connectivity index (χ1n) is 8.16. The van der Waals surface area contributed by atoms with Crippen LogP contribution in [-0.2, 0) is 10.5 Å². The average Bonchev–Trinajstić information content (AvgIpc) is 3.22. The van der Waals surface area contributed by atoms with Gasteiger partial charge in [0.2, 0.25) is 5.89 Å². The van der Waals surface area contributed by atoms with Gasteiger partial charge in [0, 0.05) is 25.6 Å². The third-order valence-electron chi connectivity index (χ3n) is 4.34. The number of benzene rings is 1. The smallest absolute Gasteiger partial charge is 0.205 e. The lowest BCUT2D eigenvalue weighted by Crippen LogP contribution is -2.37. The van der Waals surface area contributed by atoms with E-state index in [1.807, 2.05) is 18.3 Å². The van der Waals surface area contributed by atoms with Gasteiger partial charge in [-0.2, -0.15) is 5.10 Å². The van der Waals surface area contributed by atoms with Gasteiger partial charge in [-0.1, -0.05) is 6.07 Å². The van der Waals surface area contributed by atoms with Crippen molar-refractivity contribution in [2.75, 3.05) is 13.2 Å². The first kappa shape index (κ1) is 15.0. The average molecular weight is 331 g/mol. The highest BCUT2D eigenvalue weighted by atomic mass is 32.2. The van der Waals surface area contributed by atoms with E-state index < -0.39 is 0 Å². The van der Waals surface area contributed by atoms with Crippen LogP contribution in [0.15, 0.2) is 27.7 Å². The SMILES string of the molecule is Cc1ccc2nc(CSC3CC(N4CCC=N4)CCO3)oc2c1. The van der Waals surface area contributed by atoms with Crippen molar-refractivity contribution in [1.82, 2.24) is 9.99 Å². The molecule has 2 aliphatic rings. The molecule has 1 saturated heterocycles. The maximum Gasteiger partial charge on any atom is 0.205 e. The summed E-state index contributed by atoms with van der Waals surface area (Å²) in [4.78, 5) is 4.56. The van der Waals surface area contributed by atoms with Crippen molar-refractivity contribution in [2.45, 2.75) is 43.4 Å². The van der Waals surface area contributed by atoms with Crippen LogP contribution in [0.5, 0.6) is 0 Å². The molecule has 0 amide bonds. The lowest BCUT2D eigenvalue weighted by Gasteiger charge is -2.33. The van der Waals surface area contributed by atoms with E-state index in [9.17, 15) is 0 Å². The molecule has 0 saturated carbocycles. The Bertz CT molecular complexity index is 715. The number of rotatable bonds is 4. The molecule has 1 fully saturated rings. The molecule has 1 aromatic carbocycles. The summed E-state index contributed by atoms with van der Waals surface area (Å²) >= 11 is 1.78. The van der Waals surface area contributed by atoms with Gasteiger partial charge in [-0.25, -0.2) is 4.98 Å². The van der Waals surface area contributed by atoms with Crippen molar-refractivity contribution >= 4 is 29.1 Å². The van der Waals surface area contributed by atoms with Gasteiger partial charge in [0.05, 0.1) is 18.4 Å². The van der Waals surface area contributed by atoms with Gasteiger partial charge in [0.1, 0.15) is 11.0 Å². The molecule has 1 aromatic heterocycles. The van der Waals surface area contributed by atoms with E-state index >= 15 is 0 Å². The highest BCUT2D eigenvalue weighted by Gasteiger charge is 2.28. The van der Waals surface area contributed by atoms with Gasteiger partial charge in [-0.3, -0.25) is 5.01 Å². The van der Waals surface area contributed by atoms with Crippen molar-refractivity contribution in [1.29, 1.82) is 0 Å². The first-order valence-corrected chi connectivity index (χ1v) is 9.21. The minimum atomic E-state index is 0.196. The molecule has 122 valence electrons. The van der Waals surface area contributed by atoms with Crippen LogP contribution in [0.2, 0.25) is 0 Å². The Morgan fingerprint density at radius 2 is 2.35 bits per heavy atom. The lowest BCUT2D eigenvalue weighted by molar-refractivity contribution is 0.0204. The van der Waals surface area contributed by atoms with Crippen LogP contribution in [0, 0.1) is 6.92 Å². The molecule has 3 heterocycles. The number of fused-ring (bicyclic) bond motifs is 1. The van der Waals surface area contributed by atoms with Crippen LogP contribution in [0.1, 0.15) is 30.7 Å². The minimum Gasteiger partial charge on any atom is -0.440 e. The third-order valence-corrected chi connectivity index (χ3v) is 5.45. The minimum absolute atomic E-state index is 0.196. The van der Waals surface area contributed by atoms with Crippen molar-refractivity contribution in [3.8, 4) is 0 Å². The summed E-state index contributed by atoms with van der Waals surface area (Å²) in [6, 6.07) is 6.62. The van der Waals surface area contributed by atoms with E-state index in [2.05, 4.69) is 28.1 Å². The second-order valence-corrected chi connectivity index (χ2v) is 7.27. The summed E-state index contributed by atoms with van der Waals surface area (Å²) in [5, 5.41) is 6.68. The summed E-state index contributed by atoms with van der Waals surface area (Å²) in [5.41, 5.74) is 3.19. The van der Waals surface area contributed by atoms with E-state index in [0.29, 0.717) is 6.04 Å². The lowest BCUT2D eigenvalue weighted by atomic mass is 10.1. The van der Waals surface area contributed by atoms with Crippen molar-refractivity contribution < 1.29 is 9.15 Å². The van der Waals surface area contributed by atoms with Crippen LogP contribution in [0.3, 0.4) is 0 Å². The number of ether oxygens (including phenoxy) is 1. The zero-order valence-electron chi connectivity index (χ0n) is 13.3. The van der Waals surface area contributed by atoms with Gasteiger partial charge in [-0.15, -0.1) is 11.8 Å². The van der Waals surface area contributed by atoms with Gasteiger partial charge in [-0.05, 0) is 31.0 Å². The monoisotopic (exact) mass is 331 g/mol. The first-order chi connectivity index (χ1) is 11.3. The van der Waals surface area contributed by atoms with Crippen molar-refractivity contribution in [3.63, 3.8) is 0 Å². The zero-order valence-corrected chi connectivity index (χ0v) is 14.1. The topological polar surface area (TPSA) is 50.9 Å². The molecular weight excluding hydrogens is 310 g/mol. The maximum atomic E-state index is 5.90. The molecule has 4 rings (SSSR count). The molecule has 5 nitrogen and oxygen atoms in total. The number of aryl methyl sites for hydroxylation is 1. The second kappa shape index (κ2) is 6.53. The van der Waals surface area contributed by atoms with E-state index in [-0.39, 0.29) is 5.44 Å². The fourth-order valence-corrected chi connectivity index (χ4v) is 4.13. The molecule has 0 bridgehead atoms. The van der Waals surface area contributed by atoms with Crippen molar-refractivity contribution in [3.05, 3.63) is 29.7 Å². The summed E-state index contributed by atoms with van der Waals surface area (Å²) in [5.74, 6) is 1.52. The maximum absolute atomic E-state index is 5.90. The second-order valence-electron chi connectivity index (χ2n) is 6.12. The molecule has 0 aliphatic carbocycles. The normalized spacial score (nSPS) is 24.7. The summed E-state index contributed by atoms with van der Waals surface area (Å²) in [6.07, 6.45) is 5.16. The Labute approximate surface area is 140 Å². The Morgan fingerprint density at radius 1 is 1.39 bits per heavy atom. The molecular formula is C17H21N3O2S. The molecule has 2 aromatic rings. The molecule has 2 atom stereocenters. The molecule has 6 heteroatoms. The molecule has 2 unspecified atom stereocenters. The van der Waals surface area contributed by atoms with Crippen LogP contribution in [0.4, 0.5) is 0 Å². The Balaban J connectivity index is 1.36. The molecule has 23 heavy (non-hydrogen) atoms. The summed E-state index contributed by atoms with van der Waals surface area (Å²) in [7, 11) is 0. The highest BCUT2D eigenvalue weighted by molar-refractivity contribution is 7.98. The number of hydrazone groups is 1. The predicted molar refractivity (Wildman–Crippen MR) is 92.6 cm³/mol. The van der Waals surface area contributed by atoms with Crippen LogP contribution in [0.25, 0.3) is 11.1 Å². The Morgan fingerprint density at radius 3 is 3.22 bits per heavy atom. The van der Waals surface area contributed by atoms with Gasteiger partial charge in [0.15, 0.2) is 5.58 Å². The van der Waals surface area contributed by atoms with E-state index in [1.54, 1.807) is 11.8 Å². The largest absolute Gasteiger partial charge is 0.440 e. The fourth-order valence-electron chi connectivity index (χ4n) is 3.12. The standard InChI is InChI=1S/C17H21N3O2S/c1-12-3-4-14-15(9-12)22-16(19-14)11-23-17-10-13(5-8-21-17)20-7-2-6-18-20/h3-4,6,9,13,17H,2,5,7-8,10-11H2,1H3. The van der Waals surface area contributed by atoms with E-state index in [0.717, 1.165) is 55.2 Å². The van der Waals surface area contributed by atoms with Gasteiger partial charge >= 0.3 is 0 Å². The highest BCUT2D eigenvalue weighted by Crippen LogP contribution is 2.30. The summed E-state index contributed by atoms with van der Waals surface area (Å²) < 4.78 is 11.7. The molecule has 0 radical (unpaired) electrons. The van der Waals surface area contributed by atoms with Gasteiger partial charge < -0.3 is 9.15 Å². The predicted octanol–water partition coefficient (Wildman–Crippen LogP) is 3.57. The van der Waals surface area contributed by atoms with Crippen LogP contribution in [-0.4, -0.2) is 40.8 Å². The van der Waals surface area contributed by atoms with Gasteiger partial charge in [0.25, 0.3) is 0 Å². The number of hydrogen-bond donors (Lipinski definition) is 0.